The summed E-state index contributed by atoms with van der Waals surface area (Å²) in [4.78, 5) is 6.91. The first-order valence-electron chi connectivity index (χ1n) is 10.1. The van der Waals surface area contributed by atoms with E-state index >= 15 is 0 Å². The maximum Gasteiger partial charge on any atom is 0.190 e. The topological polar surface area (TPSA) is 58.1 Å². The van der Waals surface area contributed by atoms with Crippen molar-refractivity contribution >= 4 is 5.96 Å². The van der Waals surface area contributed by atoms with Gasteiger partial charge in [0.15, 0.2) is 5.96 Å². The van der Waals surface area contributed by atoms with Crippen molar-refractivity contribution < 1.29 is 9.47 Å². The molecule has 1 unspecified atom stereocenters. The van der Waals surface area contributed by atoms with Crippen LogP contribution >= 0.6 is 0 Å². The third kappa shape index (κ3) is 8.38. The highest BCUT2D eigenvalue weighted by Gasteiger charge is 2.18. The number of likely N-dealkylation sites (tertiary alicyclic amines) is 1. The van der Waals surface area contributed by atoms with Crippen LogP contribution in [0.1, 0.15) is 39.0 Å². The van der Waals surface area contributed by atoms with Gasteiger partial charge in [-0.3, -0.25) is 4.99 Å². The van der Waals surface area contributed by atoms with E-state index in [1.807, 2.05) is 7.05 Å². The highest BCUT2D eigenvalue weighted by atomic mass is 16.5. The SMILES string of the molecule is CCCN1CCC(CNC(=NC)NCCCOCC2CCOC2)CC1. The van der Waals surface area contributed by atoms with E-state index in [9.17, 15) is 0 Å². The summed E-state index contributed by atoms with van der Waals surface area (Å²) in [6.07, 6.45) is 6.00. The van der Waals surface area contributed by atoms with E-state index in [1.54, 1.807) is 0 Å². The van der Waals surface area contributed by atoms with Crippen molar-refractivity contribution in [3.63, 3.8) is 0 Å². The second kappa shape index (κ2) is 12.5. The molecule has 0 aromatic carbocycles. The Hall–Kier alpha value is -0.850. The van der Waals surface area contributed by atoms with Gasteiger partial charge in [0, 0.05) is 39.3 Å². The van der Waals surface area contributed by atoms with Crippen molar-refractivity contribution in [2.45, 2.75) is 39.0 Å². The van der Waals surface area contributed by atoms with E-state index < -0.39 is 0 Å². The number of guanidine groups is 1. The molecule has 146 valence electrons. The number of aliphatic imine (C=N–C) groups is 1. The van der Waals surface area contributed by atoms with Gasteiger partial charge < -0.3 is 25.0 Å². The first-order chi connectivity index (χ1) is 12.3. The predicted octanol–water partition coefficient (Wildman–Crippen LogP) is 1.72. The second-order valence-corrected chi connectivity index (χ2v) is 7.32. The molecule has 0 aliphatic carbocycles. The van der Waals surface area contributed by atoms with Gasteiger partial charge in [-0.2, -0.15) is 0 Å². The van der Waals surface area contributed by atoms with Crippen molar-refractivity contribution in [2.75, 3.05) is 66.2 Å². The predicted molar refractivity (Wildman–Crippen MR) is 103 cm³/mol. The van der Waals surface area contributed by atoms with Gasteiger partial charge in [-0.25, -0.2) is 0 Å². The Morgan fingerprint density at radius 3 is 2.72 bits per heavy atom. The van der Waals surface area contributed by atoms with Crippen LogP contribution in [-0.2, 0) is 9.47 Å². The lowest BCUT2D eigenvalue weighted by Gasteiger charge is -2.32. The quantitative estimate of drug-likeness (QED) is 0.355. The normalized spacial score (nSPS) is 23.1. The van der Waals surface area contributed by atoms with Crippen LogP contribution in [0.2, 0.25) is 0 Å². The summed E-state index contributed by atoms with van der Waals surface area (Å²) in [5, 5.41) is 6.87. The maximum absolute atomic E-state index is 5.73. The van der Waals surface area contributed by atoms with Gasteiger partial charge in [-0.1, -0.05) is 6.92 Å². The van der Waals surface area contributed by atoms with Gasteiger partial charge in [0.2, 0.25) is 0 Å². The summed E-state index contributed by atoms with van der Waals surface area (Å²) < 4.78 is 11.1. The van der Waals surface area contributed by atoms with Crippen LogP contribution in [-0.4, -0.2) is 77.1 Å². The monoisotopic (exact) mass is 354 g/mol. The minimum atomic E-state index is 0.603. The molecule has 25 heavy (non-hydrogen) atoms. The van der Waals surface area contributed by atoms with Crippen molar-refractivity contribution in [2.24, 2.45) is 16.8 Å². The summed E-state index contributed by atoms with van der Waals surface area (Å²) >= 11 is 0. The van der Waals surface area contributed by atoms with Gasteiger partial charge in [-0.15, -0.1) is 0 Å². The van der Waals surface area contributed by atoms with E-state index in [-0.39, 0.29) is 0 Å². The first kappa shape index (κ1) is 20.5. The molecule has 6 heteroatoms. The molecule has 0 bridgehead atoms. The minimum absolute atomic E-state index is 0.603. The zero-order chi connectivity index (χ0) is 17.7. The zero-order valence-electron chi connectivity index (χ0n) is 16.3. The molecule has 2 saturated heterocycles. The first-order valence-corrected chi connectivity index (χ1v) is 10.1. The van der Waals surface area contributed by atoms with Crippen LogP contribution in [0, 0.1) is 11.8 Å². The lowest BCUT2D eigenvalue weighted by Crippen LogP contribution is -2.43. The number of hydrogen-bond acceptors (Lipinski definition) is 4. The highest BCUT2D eigenvalue weighted by Crippen LogP contribution is 2.16. The van der Waals surface area contributed by atoms with Crippen LogP contribution in [0.5, 0.6) is 0 Å². The van der Waals surface area contributed by atoms with E-state index in [2.05, 4.69) is 27.4 Å². The molecule has 0 aromatic heterocycles. The van der Waals surface area contributed by atoms with Gasteiger partial charge >= 0.3 is 0 Å². The molecule has 1 atom stereocenters. The highest BCUT2D eigenvalue weighted by molar-refractivity contribution is 5.79. The van der Waals surface area contributed by atoms with E-state index in [1.165, 1.54) is 38.9 Å². The molecule has 2 aliphatic rings. The average Bonchev–Trinajstić information content (AvgIpc) is 3.15. The molecule has 2 heterocycles. The van der Waals surface area contributed by atoms with Gasteiger partial charge in [-0.05, 0) is 57.7 Å². The average molecular weight is 355 g/mol. The van der Waals surface area contributed by atoms with Crippen LogP contribution in [0.4, 0.5) is 0 Å². The summed E-state index contributed by atoms with van der Waals surface area (Å²) in [6, 6.07) is 0. The molecule has 0 saturated carbocycles. The molecule has 0 amide bonds. The van der Waals surface area contributed by atoms with E-state index in [4.69, 9.17) is 9.47 Å². The molecule has 2 aliphatic heterocycles. The fourth-order valence-electron chi connectivity index (χ4n) is 3.54. The van der Waals surface area contributed by atoms with Gasteiger partial charge in [0.1, 0.15) is 0 Å². The number of piperidine rings is 1. The Bertz CT molecular complexity index is 364. The van der Waals surface area contributed by atoms with Crippen LogP contribution in [0.15, 0.2) is 4.99 Å². The van der Waals surface area contributed by atoms with Crippen LogP contribution in [0.25, 0.3) is 0 Å². The lowest BCUT2D eigenvalue weighted by atomic mass is 9.97. The molecule has 2 N–H and O–H groups in total. The third-order valence-corrected chi connectivity index (χ3v) is 5.16. The molecule has 6 nitrogen and oxygen atoms in total. The summed E-state index contributed by atoms with van der Waals surface area (Å²) in [7, 11) is 1.84. The standard InChI is InChI=1S/C19H38N4O2/c1-3-9-23-10-5-17(6-11-23)14-22-19(20-2)21-8-4-12-24-15-18-7-13-25-16-18/h17-18H,3-16H2,1-2H3,(H2,20,21,22). The van der Waals surface area contributed by atoms with Crippen LogP contribution < -0.4 is 10.6 Å². The molecule has 0 radical (unpaired) electrons. The molecular formula is C19H38N4O2. The summed E-state index contributed by atoms with van der Waals surface area (Å²) in [6.45, 7) is 11.3. The van der Waals surface area contributed by atoms with E-state index in [0.29, 0.717) is 5.92 Å². The zero-order valence-corrected chi connectivity index (χ0v) is 16.3. The van der Waals surface area contributed by atoms with Gasteiger partial charge in [0.05, 0.1) is 13.2 Å². The molecule has 0 aromatic rings. The molecular weight excluding hydrogens is 316 g/mol. The Morgan fingerprint density at radius 2 is 2.04 bits per heavy atom. The van der Waals surface area contributed by atoms with Gasteiger partial charge in [0.25, 0.3) is 0 Å². The molecule has 2 fully saturated rings. The van der Waals surface area contributed by atoms with Crippen molar-refractivity contribution in [3.8, 4) is 0 Å². The summed E-state index contributed by atoms with van der Waals surface area (Å²) in [5.41, 5.74) is 0. The smallest absolute Gasteiger partial charge is 0.190 e. The van der Waals surface area contributed by atoms with Crippen LogP contribution in [0.3, 0.4) is 0 Å². The van der Waals surface area contributed by atoms with Crippen molar-refractivity contribution in [1.82, 2.24) is 15.5 Å². The Balaban J connectivity index is 1.46. The fraction of sp³-hybridized carbons (Fsp3) is 0.947. The molecule has 2 rings (SSSR count). The largest absolute Gasteiger partial charge is 0.381 e. The fourth-order valence-corrected chi connectivity index (χ4v) is 3.54. The lowest BCUT2D eigenvalue weighted by molar-refractivity contribution is 0.0888. The van der Waals surface area contributed by atoms with Crippen molar-refractivity contribution in [1.29, 1.82) is 0 Å². The number of hydrogen-bond donors (Lipinski definition) is 2. The Kier molecular flexibility index (Phi) is 10.2. The number of nitrogens with zero attached hydrogens (tertiary/aromatic N) is 2. The maximum atomic E-state index is 5.73. The Morgan fingerprint density at radius 1 is 1.20 bits per heavy atom. The van der Waals surface area contributed by atoms with Crippen molar-refractivity contribution in [3.05, 3.63) is 0 Å². The van der Waals surface area contributed by atoms with E-state index in [0.717, 1.165) is 64.2 Å². The Labute approximate surface area is 153 Å². The second-order valence-electron chi connectivity index (χ2n) is 7.32. The number of ether oxygens (including phenoxy) is 2. The molecule has 0 spiro atoms. The third-order valence-electron chi connectivity index (χ3n) is 5.16. The number of rotatable bonds is 10. The minimum Gasteiger partial charge on any atom is -0.381 e. The number of nitrogens with one attached hydrogen (secondary N) is 2. The summed E-state index contributed by atoms with van der Waals surface area (Å²) in [5.74, 6) is 2.29.